The molecule has 0 bridgehead atoms. The lowest BCUT2D eigenvalue weighted by Crippen LogP contribution is -2.08. The predicted molar refractivity (Wildman–Crippen MR) is 75.9 cm³/mol. The Morgan fingerprint density at radius 1 is 1.37 bits per heavy atom. The van der Waals surface area contributed by atoms with Crippen LogP contribution in [0.25, 0.3) is 0 Å². The molecule has 0 unspecified atom stereocenters. The molecule has 1 aromatic carbocycles. The number of anilines is 1. The van der Waals surface area contributed by atoms with E-state index in [9.17, 15) is 4.79 Å². The SMILES string of the molecule is COC(=O)c1c(N)cccc1OCc1ccc(Cl)s1. The molecular formula is C13H12ClNO3S. The average molecular weight is 298 g/mol. The third kappa shape index (κ3) is 3.19. The molecule has 6 heteroatoms. The molecule has 1 aromatic heterocycles. The monoisotopic (exact) mass is 297 g/mol. The highest BCUT2D eigenvalue weighted by molar-refractivity contribution is 7.16. The smallest absolute Gasteiger partial charge is 0.343 e. The van der Waals surface area contributed by atoms with Gasteiger partial charge in [-0.15, -0.1) is 11.3 Å². The first kappa shape index (κ1) is 13.7. The molecular weight excluding hydrogens is 286 g/mol. The van der Waals surface area contributed by atoms with E-state index in [-0.39, 0.29) is 5.56 Å². The van der Waals surface area contributed by atoms with Gasteiger partial charge in [-0.05, 0) is 24.3 Å². The van der Waals surface area contributed by atoms with Gasteiger partial charge in [0.15, 0.2) is 0 Å². The fourth-order valence-electron chi connectivity index (χ4n) is 1.57. The lowest BCUT2D eigenvalue weighted by atomic mass is 10.1. The maximum atomic E-state index is 11.7. The topological polar surface area (TPSA) is 61.5 Å². The number of carbonyl (C=O) groups is 1. The van der Waals surface area contributed by atoms with Crippen LogP contribution < -0.4 is 10.5 Å². The van der Waals surface area contributed by atoms with Crippen molar-refractivity contribution in [3.63, 3.8) is 0 Å². The van der Waals surface area contributed by atoms with Crippen molar-refractivity contribution in [2.24, 2.45) is 0 Å². The quantitative estimate of drug-likeness (QED) is 0.694. The Morgan fingerprint density at radius 2 is 2.16 bits per heavy atom. The molecule has 19 heavy (non-hydrogen) atoms. The first-order valence-electron chi connectivity index (χ1n) is 5.45. The Morgan fingerprint density at radius 3 is 2.79 bits per heavy atom. The second-order valence-electron chi connectivity index (χ2n) is 3.71. The molecule has 0 aliphatic rings. The summed E-state index contributed by atoms with van der Waals surface area (Å²) in [6, 6.07) is 8.69. The van der Waals surface area contributed by atoms with Gasteiger partial charge in [-0.3, -0.25) is 0 Å². The summed E-state index contributed by atoms with van der Waals surface area (Å²) in [6.45, 7) is 0.324. The number of ether oxygens (including phenoxy) is 2. The summed E-state index contributed by atoms with van der Waals surface area (Å²) < 4.78 is 11.0. The highest BCUT2D eigenvalue weighted by Gasteiger charge is 2.16. The Bertz CT molecular complexity index is 597. The molecule has 2 N–H and O–H groups in total. The lowest BCUT2D eigenvalue weighted by molar-refractivity contribution is 0.0597. The van der Waals surface area contributed by atoms with E-state index < -0.39 is 5.97 Å². The molecule has 0 fully saturated rings. The van der Waals surface area contributed by atoms with Crippen LogP contribution in [-0.2, 0) is 11.3 Å². The second-order valence-corrected chi connectivity index (χ2v) is 5.51. The van der Waals surface area contributed by atoms with E-state index in [1.807, 2.05) is 6.07 Å². The number of nitrogens with two attached hydrogens (primary N) is 1. The minimum atomic E-state index is -0.516. The number of rotatable bonds is 4. The Hall–Kier alpha value is -1.72. The van der Waals surface area contributed by atoms with Gasteiger partial charge in [-0.1, -0.05) is 17.7 Å². The van der Waals surface area contributed by atoms with E-state index in [1.165, 1.54) is 18.4 Å². The third-order valence-electron chi connectivity index (χ3n) is 2.45. The minimum Gasteiger partial charge on any atom is -0.487 e. The molecule has 0 amide bonds. The normalized spacial score (nSPS) is 10.2. The predicted octanol–water partition coefficient (Wildman–Crippen LogP) is 3.35. The van der Waals surface area contributed by atoms with E-state index >= 15 is 0 Å². The van der Waals surface area contributed by atoms with Gasteiger partial charge in [0.25, 0.3) is 0 Å². The number of halogens is 1. The summed E-state index contributed by atoms with van der Waals surface area (Å²) in [5, 5.41) is 0. The molecule has 0 saturated carbocycles. The van der Waals surface area contributed by atoms with Crippen LogP contribution in [0.15, 0.2) is 30.3 Å². The third-order valence-corrected chi connectivity index (χ3v) is 3.65. The van der Waals surface area contributed by atoms with Crippen molar-refractivity contribution in [3.8, 4) is 5.75 Å². The van der Waals surface area contributed by atoms with Gasteiger partial charge >= 0.3 is 5.97 Å². The lowest BCUT2D eigenvalue weighted by Gasteiger charge is -2.11. The van der Waals surface area contributed by atoms with Crippen molar-refractivity contribution in [2.45, 2.75) is 6.61 Å². The van der Waals surface area contributed by atoms with Crippen LogP contribution in [0, 0.1) is 0 Å². The standard InChI is InChI=1S/C13H12ClNO3S/c1-17-13(16)12-9(15)3-2-4-10(12)18-7-8-5-6-11(14)19-8/h2-6H,7,15H2,1H3. The summed E-state index contributed by atoms with van der Waals surface area (Å²) in [6.07, 6.45) is 0. The van der Waals surface area contributed by atoms with Crippen LogP contribution in [0.3, 0.4) is 0 Å². The van der Waals surface area contributed by atoms with Crippen molar-refractivity contribution in [1.29, 1.82) is 0 Å². The Labute approximate surface area is 119 Å². The first-order chi connectivity index (χ1) is 9.11. The number of thiophene rings is 1. The Kier molecular flexibility index (Phi) is 4.29. The number of hydrogen-bond acceptors (Lipinski definition) is 5. The van der Waals surface area contributed by atoms with Crippen LogP contribution in [0.1, 0.15) is 15.2 Å². The van der Waals surface area contributed by atoms with Crippen LogP contribution in [0.2, 0.25) is 4.34 Å². The van der Waals surface area contributed by atoms with E-state index in [0.717, 1.165) is 4.88 Å². The van der Waals surface area contributed by atoms with E-state index in [2.05, 4.69) is 0 Å². The molecule has 0 spiro atoms. The number of nitrogen functional groups attached to an aromatic ring is 1. The molecule has 1 heterocycles. The van der Waals surface area contributed by atoms with Crippen molar-refractivity contribution in [3.05, 3.63) is 45.1 Å². The second kappa shape index (κ2) is 5.95. The number of hydrogen-bond donors (Lipinski definition) is 1. The first-order valence-corrected chi connectivity index (χ1v) is 6.65. The van der Waals surface area contributed by atoms with E-state index in [0.29, 0.717) is 22.4 Å². The largest absolute Gasteiger partial charge is 0.487 e. The van der Waals surface area contributed by atoms with Gasteiger partial charge in [-0.25, -0.2) is 4.79 Å². The maximum Gasteiger partial charge on any atom is 0.343 e. The van der Waals surface area contributed by atoms with Gasteiger partial charge in [-0.2, -0.15) is 0 Å². The van der Waals surface area contributed by atoms with Crippen molar-refractivity contribution >= 4 is 34.6 Å². The molecule has 2 rings (SSSR count). The van der Waals surface area contributed by atoms with Crippen LogP contribution in [0.5, 0.6) is 5.75 Å². The molecule has 0 saturated heterocycles. The summed E-state index contributed by atoms with van der Waals surface area (Å²) in [5.41, 5.74) is 6.34. The van der Waals surface area contributed by atoms with Gasteiger partial charge < -0.3 is 15.2 Å². The van der Waals surface area contributed by atoms with Gasteiger partial charge in [0.1, 0.15) is 17.9 Å². The van der Waals surface area contributed by atoms with Crippen LogP contribution >= 0.6 is 22.9 Å². The van der Waals surface area contributed by atoms with Gasteiger partial charge in [0, 0.05) is 10.6 Å². The number of methoxy groups -OCH3 is 1. The number of esters is 1. The minimum absolute atomic E-state index is 0.243. The zero-order chi connectivity index (χ0) is 13.8. The fourth-order valence-corrected chi connectivity index (χ4v) is 2.57. The fraction of sp³-hybridized carbons (Fsp3) is 0.154. The summed E-state index contributed by atoms with van der Waals surface area (Å²) in [7, 11) is 1.30. The van der Waals surface area contributed by atoms with Gasteiger partial charge in [0.05, 0.1) is 11.4 Å². The van der Waals surface area contributed by atoms with E-state index in [1.54, 1.807) is 24.3 Å². The zero-order valence-corrected chi connectivity index (χ0v) is 11.8. The van der Waals surface area contributed by atoms with Crippen LogP contribution in [0.4, 0.5) is 5.69 Å². The summed E-state index contributed by atoms with van der Waals surface area (Å²) in [5.74, 6) is -0.117. The van der Waals surface area contributed by atoms with Gasteiger partial charge in [0.2, 0.25) is 0 Å². The highest BCUT2D eigenvalue weighted by atomic mass is 35.5. The molecule has 0 atom stereocenters. The van der Waals surface area contributed by atoms with Crippen molar-refractivity contribution in [2.75, 3.05) is 12.8 Å². The van der Waals surface area contributed by atoms with Crippen molar-refractivity contribution < 1.29 is 14.3 Å². The summed E-state index contributed by atoms with van der Waals surface area (Å²) in [4.78, 5) is 12.6. The number of benzene rings is 1. The molecule has 2 aromatic rings. The van der Waals surface area contributed by atoms with Crippen molar-refractivity contribution in [1.82, 2.24) is 0 Å². The molecule has 0 aliphatic heterocycles. The molecule has 100 valence electrons. The Balaban J connectivity index is 2.20. The van der Waals surface area contributed by atoms with Crippen LogP contribution in [-0.4, -0.2) is 13.1 Å². The van der Waals surface area contributed by atoms with E-state index in [4.69, 9.17) is 26.8 Å². The number of carbonyl (C=O) groups excluding carboxylic acids is 1. The average Bonchev–Trinajstić information content (AvgIpc) is 2.81. The maximum absolute atomic E-state index is 11.7. The zero-order valence-electron chi connectivity index (χ0n) is 10.2. The molecule has 4 nitrogen and oxygen atoms in total. The molecule has 0 aliphatic carbocycles. The molecule has 0 radical (unpaired) electrons. The highest BCUT2D eigenvalue weighted by Crippen LogP contribution is 2.28. The summed E-state index contributed by atoms with van der Waals surface area (Å²) >= 11 is 7.26.